The Morgan fingerprint density at radius 1 is 0.848 bits per heavy atom. The van der Waals surface area contributed by atoms with Gasteiger partial charge in [-0.1, -0.05) is 57.0 Å². The van der Waals surface area contributed by atoms with E-state index in [9.17, 15) is 0 Å². The molecule has 2 aliphatic rings. The number of rotatable bonds is 5. The molecule has 0 radical (unpaired) electrons. The Kier molecular flexibility index (Phi) is 6.29. The van der Waals surface area contributed by atoms with Gasteiger partial charge in [0, 0.05) is 54.6 Å². The number of hydrogen-bond donors (Lipinski definition) is 0. The summed E-state index contributed by atoms with van der Waals surface area (Å²) >= 11 is 0. The van der Waals surface area contributed by atoms with Crippen molar-refractivity contribution in [2.45, 2.75) is 58.8 Å². The van der Waals surface area contributed by atoms with Crippen LogP contribution in [0.3, 0.4) is 0 Å². The number of anilines is 4. The first kappa shape index (κ1) is 24.1. The molecular weight excluding hydrogens is 566 g/mol. The molecule has 0 saturated heterocycles. The highest BCUT2D eigenvalue weighted by atomic mass is 16.5. The molecule has 0 aliphatic carbocycles. The molecular formula is C40H39N5O. The maximum absolute atomic E-state index is 8.64. The van der Waals surface area contributed by atoms with E-state index in [0.29, 0.717) is 35.1 Å². The summed E-state index contributed by atoms with van der Waals surface area (Å²) in [5.41, 5.74) is 6.75. The van der Waals surface area contributed by atoms with Crippen molar-refractivity contribution in [3.8, 4) is 22.6 Å². The number of fused-ring (bicyclic) bond motifs is 2. The molecule has 0 atom stereocenters. The summed E-state index contributed by atoms with van der Waals surface area (Å²) in [5.74, 6) is 2.78. The fraction of sp³-hybridized carbons (Fsp3) is 0.275. The number of nitrogens with zero attached hydrogens (tertiary/aromatic N) is 5. The molecule has 5 aromatic rings. The SMILES string of the molecule is [2H]c1c([2H])c([2H])c(-c2cnc(N3CCCc4c([N+]#[C-])cc(Oc5ccc6c(c5)N(c5cc(C)ccn5)CCC6)cc43)cc2C(C)(C)C)c([2H])c1[2H]. The minimum atomic E-state index is -0.449. The van der Waals surface area contributed by atoms with Crippen molar-refractivity contribution in [1.82, 2.24) is 9.97 Å². The van der Waals surface area contributed by atoms with Crippen LogP contribution in [0.1, 0.15) is 62.7 Å². The number of aryl methyl sites for hydroxylation is 2. The molecule has 46 heavy (non-hydrogen) atoms. The van der Waals surface area contributed by atoms with Crippen LogP contribution in [-0.4, -0.2) is 23.1 Å². The van der Waals surface area contributed by atoms with Gasteiger partial charge in [-0.25, -0.2) is 14.8 Å². The van der Waals surface area contributed by atoms with E-state index in [1.165, 1.54) is 5.56 Å². The van der Waals surface area contributed by atoms with E-state index in [0.717, 1.165) is 66.1 Å². The number of aromatic nitrogens is 2. The summed E-state index contributed by atoms with van der Waals surface area (Å²) in [6.07, 6.45) is 7.04. The predicted molar refractivity (Wildman–Crippen MR) is 187 cm³/mol. The largest absolute Gasteiger partial charge is 0.459 e. The zero-order valence-corrected chi connectivity index (χ0v) is 26.7. The number of ether oxygens (including phenoxy) is 1. The van der Waals surface area contributed by atoms with Gasteiger partial charge in [0.25, 0.3) is 0 Å². The Labute approximate surface area is 279 Å². The fourth-order valence-corrected chi connectivity index (χ4v) is 6.50. The first-order valence-electron chi connectivity index (χ1n) is 18.3. The minimum absolute atomic E-state index is 0.136. The van der Waals surface area contributed by atoms with Gasteiger partial charge in [-0.05, 0) is 96.2 Å². The molecule has 0 N–H and O–H groups in total. The molecule has 3 aromatic carbocycles. The summed E-state index contributed by atoms with van der Waals surface area (Å²) < 4.78 is 48.4. The van der Waals surface area contributed by atoms with Gasteiger partial charge in [0.15, 0.2) is 5.69 Å². The lowest BCUT2D eigenvalue weighted by Crippen LogP contribution is -2.26. The highest BCUT2D eigenvalue weighted by Gasteiger charge is 2.27. The minimum Gasteiger partial charge on any atom is -0.459 e. The fourth-order valence-electron chi connectivity index (χ4n) is 6.50. The third-order valence-electron chi connectivity index (χ3n) is 8.73. The summed E-state index contributed by atoms with van der Waals surface area (Å²) in [4.78, 5) is 17.7. The van der Waals surface area contributed by atoms with Gasteiger partial charge < -0.3 is 14.5 Å². The molecule has 0 spiro atoms. The second kappa shape index (κ2) is 12.0. The van der Waals surface area contributed by atoms with Gasteiger partial charge >= 0.3 is 0 Å². The molecule has 0 saturated carbocycles. The first-order valence-corrected chi connectivity index (χ1v) is 15.8. The van der Waals surface area contributed by atoms with Crippen LogP contribution in [0.2, 0.25) is 0 Å². The average Bonchev–Trinajstić information content (AvgIpc) is 3.12. The first-order chi connectivity index (χ1) is 24.3. The molecule has 230 valence electrons. The van der Waals surface area contributed by atoms with Gasteiger partial charge in [-0.15, -0.1) is 0 Å². The average molecular weight is 611 g/mol. The lowest BCUT2D eigenvalue weighted by molar-refractivity contribution is 0.482. The standard InChI is InChI=1S/C40H39N5O/c1-27-17-18-42-38(21-27)44-19-9-13-29-15-16-30(23-36(29)44)46-31-22-35(41-5)32-14-10-20-45(37(32)24-31)39-25-34(40(2,3)4)33(26-43-39)28-11-7-6-8-12-28/h6-8,11-12,15-18,21-26H,9-10,13-14,19-20H2,1-4H3/i6D,7D,8D,11D,12D. The van der Waals surface area contributed by atoms with Crippen molar-refractivity contribution in [2.24, 2.45) is 0 Å². The van der Waals surface area contributed by atoms with Crippen molar-refractivity contribution in [2.75, 3.05) is 22.9 Å². The molecule has 0 unspecified atom stereocenters. The van der Waals surface area contributed by atoms with Gasteiger partial charge in [0.1, 0.15) is 23.1 Å². The second-order valence-corrected chi connectivity index (χ2v) is 13.0. The third-order valence-corrected chi connectivity index (χ3v) is 8.73. The van der Waals surface area contributed by atoms with Crippen molar-refractivity contribution in [3.63, 3.8) is 0 Å². The van der Waals surface area contributed by atoms with Crippen LogP contribution in [0, 0.1) is 13.5 Å². The van der Waals surface area contributed by atoms with E-state index >= 15 is 0 Å². The van der Waals surface area contributed by atoms with Gasteiger partial charge in [0.2, 0.25) is 0 Å². The van der Waals surface area contributed by atoms with Crippen LogP contribution in [0.25, 0.3) is 16.0 Å². The molecule has 0 fully saturated rings. The molecule has 7 rings (SSSR count). The Balaban J connectivity index is 1.28. The van der Waals surface area contributed by atoms with E-state index < -0.39 is 11.5 Å². The van der Waals surface area contributed by atoms with E-state index in [-0.39, 0.29) is 29.7 Å². The smallest absolute Gasteiger partial charge is 0.196 e. The Hall–Kier alpha value is -5.15. The number of benzene rings is 3. The monoisotopic (exact) mass is 610 g/mol. The summed E-state index contributed by atoms with van der Waals surface area (Å²) in [6, 6.07) is 14.3. The summed E-state index contributed by atoms with van der Waals surface area (Å²) in [6.45, 7) is 17.8. The number of hydrogen-bond acceptors (Lipinski definition) is 5. The van der Waals surface area contributed by atoms with Crippen molar-refractivity contribution >= 4 is 28.7 Å². The lowest BCUT2D eigenvalue weighted by Gasteiger charge is -2.33. The summed E-state index contributed by atoms with van der Waals surface area (Å²) in [7, 11) is 0. The topological polar surface area (TPSA) is 45.9 Å². The van der Waals surface area contributed by atoms with Crippen LogP contribution in [0.5, 0.6) is 11.5 Å². The van der Waals surface area contributed by atoms with E-state index in [4.69, 9.17) is 23.1 Å². The van der Waals surface area contributed by atoms with Gasteiger partial charge in [-0.3, -0.25) is 0 Å². The van der Waals surface area contributed by atoms with Crippen LogP contribution in [-0.2, 0) is 18.3 Å². The highest BCUT2D eigenvalue weighted by Crippen LogP contribution is 2.44. The molecule has 4 heterocycles. The maximum atomic E-state index is 8.64. The predicted octanol–water partition coefficient (Wildman–Crippen LogP) is 10.3. The van der Waals surface area contributed by atoms with E-state index in [2.05, 4.69) is 44.8 Å². The lowest BCUT2D eigenvalue weighted by atomic mass is 9.82. The normalized spacial score (nSPS) is 15.8. The van der Waals surface area contributed by atoms with E-state index in [1.807, 2.05) is 57.3 Å². The zero-order valence-electron chi connectivity index (χ0n) is 31.7. The zero-order chi connectivity index (χ0) is 36.2. The van der Waals surface area contributed by atoms with Crippen LogP contribution in [0.4, 0.5) is 28.7 Å². The van der Waals surface area contributed by atoms with Crippen molar-refractivity contribution < 1.29 is 11.6 Å². The summed E-state index contributed by atoms with van der Waals surface area (Å²) in [5, 5.41) is 0. The van der Waals surface area contributed by atoms with Crippen LogP contribution < -0.4 is 14.5 Å². The molecule has 6 nitrogen and oxygen atoms in total. The molecule has 0 bridgehead atoms. The Morgan fingerprint density at radius 3 is 2.35 bits per heavy atom. The quantitative estimate of drug-likeness (QED) is 0.185. The Morgan fingerprint density at radius 2 is 1.59 bits per heavy atom. The van der Waals surface area contributed by atoms with E-state index in [1.54, 1.807) is 6.20 Å². The Bertz CT molecular complexity index is 2210. The van der Waals surface area contributed by atoms with Crippen LogP contribution >= 0.6 is 0 Å². The molecule has 0 amide bonds. The maximum Gasteiger partial charge on any atom is 0.196 e. The molecule has 6 heteroatoms. The van der Waals surface area contributed by atoms with Crippen molar-refractivity contribution in [3.05, 3.63) is 125 Å². The van der Waals surface area contributed by atoms with Crippen LogP contribution in [0.15, 0.2) is 91.1 Å². The second-order valence-electron chi connectivity index (χ2n) is 13.0. The third kappa shape index (κ3) is 5.70. The molecule has 2 aliphatic heterocycles. The van der Waals surface area contributed by atoms with Gasteiger partial charge in [0.05, 0.1) is 13.4 Å². The number of pyridine rings is 2. The van der Waals surface area contributed by atoms with Gasteiger partial charge in [-0.2, -0.15) is 0 Å². The highest BCUT2D eigenvalue weighted by molar-refractivity contribution is 5.78. The van der Waals surface area contributed by atoms with Crippen molar-refractivity contribution in [1.29, 1.82) is 0 Å². The molecule has 2 aromatic heterocycles.